The molecule has 25 heavy (non-hydrogen) atoms. The zero-order valence-electron chi connectivity index (χ0n) is 12.9. The molecule has 2 heterocycles. The molecule has 0 aliphatic heterocycles. The Morgan fingerprint density at radius 1 is 1.20 bits per heavy atom. The van der Waals surface area contributed by atoms with Crippen molar-refractivity contribution in [2.24, 2.45) is 0 Å². The van der Waals surface area contributed by atoms with Crippen LogP contribution in [0, 0.1) is 15.9 Å². The predicted octanol–water partition coefficient (Wildman–Crippen LogP) is 1.81. The average Bonchev–Trinajstić information content (AvgIpc) is 3.19. The number of rotatable bonds is 6. The van der Waals surface area contributed by atoms with Crippen molar-refractivity contribution >= 4 is 17.3 Å². The topological polar surface area (TPSA) is 108 Å². The van der Waals surface area contributed by atoms with Gasteiger partial charge in [0.2, 0.25) is 5.91 Å². The third-order valence-corrected chi connectivity index (χ3v) is 3.34. The van der Waals surface area contributed by atoms with Crippen molar-refractivity contribution in [1.29, 1.82) is 0 Å². The lowest BCUT2D eigenvalue weighted by Crippen LogP contribution is -2.18. The lowest BCUT2D eigenvalue weighted by molar-refractivity contribution is -0.385. The predicted molar refractivity (Wildman–Crippen MR) is 85.2 cm³/mol. The van der Waals surface area contributed by atoms with Crippen LogP contribution < -0.4 is 5.32 Å². The molecule has 3 aromatic rings. The van der Waals surface area contributed by atoms with Gasteiger partial charge in [0.05, 0.1) is 23.4 Å². The Kier molecular flexibility index (Phi) is 4.50. The van der Waals surface area contributed by atoms with Gasteiger partial charge in [-0.3, -0.25) is 24.3 Å². The molecule has 0 saturated heterocycles. The maximum Gasteiger partial charge on any atom is 0.307 e. The molecular weight excluding hydrogens is 331 g/mol. The van der Waals surface area contributed by atoms with Gasteiger partial charge in [-0.1, -0.05) is 18.2 Å². The van der Waals surface area contributed by atoms with Gasteiger partial charge in [-0.2, -0.15) is 10.2 Å². The molecule has 9 nitrogen and oxygen atoms in total. The maximum atomic E-state index is 13.6. The van der Waals surface area contributed by atoms with Crippen molar-refractivity contribution in [3.8, 4) is 0 Å². The molecule has 2 aromatic heterocycles. The third kappa shape index (κ3) is 4.05. The first-order chi connectivity index (χ1) is 12.0. The Morgan fingerprint density at radius 3 is 2.68 bits per heavy atom. The van der Waals surface area contributed by atoms with Crippen molar-refractivity contribution in [3.05, 3.63) is 70.5 Å². The summed E-state index contributed by atoms with van der Waals surface area (Å²) >= 11 is 0. The van der Waals surface area contributed by atoms with Gasteiger partial charge in [0.15, 0.2) is 0 Å². The van der Waals surface area contributed by atoms with Crippen LogP contribution in [0.25, 0.3) is 0 Å². The summed E-state index contributed by atoms with van der Waals surface area (Å²) in [7, 11) is 0. The van der Waals surface area contributed by atoms with Gasteiger partial charge in [-0.05, 0) is 6.07 Å². The van der Waals surface area contributed by atoms with Gasteiger partial charge in [-0.15, -0.1) is 0 Å². The Morgan fingerprint density at radius 2 is 1.96 bits per heavy atom. The molecule has 0 bridgehead atoms. The maximum absolute atomic E-state index is 13.6. The van der Waals surface area contributed by atoms with E-state index in [4.69, 9.17) is 0 Å². The number of hydrogen-bond acceptors (Lipinski definition) is 5. The standard InChI is InChI=1S/C15H13FN6O3/c16-14-4-2-1-3-11(14)7-20-8-12(5-17-20)19-15(23)10-21-9-13(6-18-21)22(24)25/h1-6,8-9H,7,10H2,(H,19,23). The average molecular weight is 344 g/mol. The van der Waals surface area contributed by atoms with E-state index in [1.807, 2.05) is 0 Å². The van der Waals surface area contributed by atoms with E-state index < -0.39 is 10.8 Å². The van der Waals surface area contributed by atoms with E-state index in [2.05, 4.69) is 15.5 Å². The highest BCUT2D eigenvalue weighted by molar-refractivity contribution is 5.90. The summed E-state index contributed by atoms with van der Waals surface area (Å²) in [6.45, 7) is 0.0558. The van der Waals surface area contributed by atoms with Crippen LogP contribution in [-0.4, -0.2) is 30.4 Å². The molecule has 1 amide bonds. The van der Waals surface area contributed by atoms with Crippen LogP contribution in [0.3, 0.4) is 0 Å². The molecule has 0 atom stereocenters. The number of benzene rings is 1. The number of hydrogen-bond donors (Lipinski definition) is 1. The fraction of sp³-hybridized carbons (Fsp3) is 0.133. The first-order valence-corrected chi connectivity index (χ1v) is 7.24. The Bertz CT molecular complexity index is 919. The smallest absolute Gasteiger partial charge is 0.307 e. The molecule has 0 radical (unpaired) electrons. The molecule has 10 heteroatoms. The summed E-state index contributed by atoms with van der Waals surface area (Å²) in [5.74, 6) is -0.743. The number of carbonyl (C=O) groups excluding carboxylic acids is 1. The molecule has 0 fully saturated rings. The van der Waals surface area contributed by atoms with Crippen LogP contribution in [-0.2, 0) is 17.9 Å². The Hall–Kier alpha value is -3.56. The van der Waals surface area contributed by atoms with Gasteiger partial charge in [0.25, 0.3) is 0 Å². The SMILES string of the molecule is O=C(Cn1cc([N+](=O)[O-])cn1)Nc1cnn(Cc2ccccc2F)c1. The minimum Gasteiger partial charge on any atom is -0.322 e. The number of carbonyl (C=O) groups is 1. The van der Waals surface area contributed by atoms with Gasteiger partial charge < -0.3 is 5.32 Å². The van der Waals surface area contributed by atoms with Crippen LogP contribution >= 0.6 is 0 Å². The van der Waals surface area contributed by atoms with E-state index in [0.29, 0.717) is 11.3 Å². The molecule has 0 spiro atoms. The molecular formula is C15H13FN6O3. The van der Waals surface area contributed by atoms with Gasteiger partial charge >= 0.3 is 5.69 Å². The van der Waals surface area contributed by atoms with Crippen molar-refractivity contribution in [1.82, 2.24) is 19.6 Å². The minimum atomic E-state index is -0.589. The molecule has 128 valence electrons. The molecule has 0 aliphatic carbocycles. The second kappa shape index (κ2) is 6.91. The summed E-state index contributed by atoms with van der Waals surface area (Å²) in [5, 5.41) is 21.0. The van der Waals surface area contributed by atoms with Gasteiger partial charge in [0.1, 0.15) is 24.8 Å². The zero-order chi connectivity index (χ0) is 17.8. The first-order valence-electron chi connectivity index (χ1n) is 7.24. The summed E-state index contributed by atoms with van der Waals surface area (Å²) in [6, 6.07) is 6.35. The number of nitro groups is 1. The number of nitrogens with zero attached hydrogens (tertiary/aromatic N) is 5. The molecule has 0 saturated carbocycles. The normalized spacial score (nSPS) is 10.6. The van der Waals surface area contributed by atoms with E-state index in [1.54, 1.807) is 24.4 Å². The lowest BCUT2D eigenvalue weighted by atomic mass is 10.2. The monoisotopic (exact) mass is 344 g/mol. The Balaban J connectivity index is 1.59. The number of anilines is 1. The van der Waals surface area contributed by atoms with Crippen molar-refractivity contribution in [2.45, 2.75) is 13.1 Å². The highest BCUT2D eigenvalue weighted by Gasteiger charge is 2.12. The van der Waals surface area contributed by atoms with E-state index in [1.165, 1.54) is 23.1 Å². The highest BCUT2D eigenvalue weighted by atomic mass is 19.1. The number of halogens is 1. The van der Waals surface area contributed by atoms with Crippen molar-refractivity contribution < 1.29 is 14.1 Å². The van der Waals surface area contributed by atoms with E-state index >= 15 is 0 Å². The number of aromatic nitrogens is 4. The molecule has 1 aromatic carbocycles. The largest absolute Gasteiger partial charge is 0.322 e. The van der Waals surface area contributed by atoms with Crippen molar-refractivity contribution in [2.75, 3.05) is 5.32 Å². The van der Waals surface area contributed by atoms with Gasteiger partial charge in [0, 0.05) is 11.8 Å². The fourth-order valence-corrected chi connectivity index (χ4v) is 2.20. The molecule has 0 unspecified atom stereocenters. The molecule has 3 rings (SSSR count). The molecule has 1 N–H and O–H groups in total. The quantitative estimate of drug-likeness (QED) is 0.542. The number of amides is 1. The third-order valence-electron chi connectivity index (χ3n) is 3.34. The van der Waals surface area contributed by atoms with Crippen molar-refractivity contribution in [3.63, 3.8) is 0 Å². The van der Waals surface area contributed by atoms with Crippen LogP contribution in [0.5, 0.6) is 0 Å². The number of nitrogens with one attached hydrogen (secondary N) is 1. The van der Waals surface area contributed by atoms with Crippen LogP contribution in [0.2, 0.25) is 0 Å². The van der Waals surface area contributed by atoms with Crippen LogP contribution in [0.1, 0.15) is 5.56 Å². The lowest BCUT2D eigenvalue weighted by Gasteiger charge is -2.03. The van der Waals surface area contributed by atoms with E-state index in [9.17, 15) is 19.3 Å². The second-order valence-electron chi connectivity index (χ2n) is 5.22. The Labute approximate surface area is 140 Å². The second-order valence-corrected chi connectivity index (χ2v) is 5.22. The zero-order valence-corrected chi connectivity index (χ0v) is 12.9. The fourth-order valence-electron chi connectivity index (χ4n) is 2.20. The van der Waals surface area contributed by atoms with Gasteiger partial charge in [-0.25, -0.2) is 4.39 Å². The first kappa shape index (κ1) is 16.3. The molecule has 0 aliphatic rings. The minimum absolute atomic E-state index is 0.174. The summed E-state index contributed by atoms with van der Waals surface area (Å²) < 4.78 is 16.3. The summed E-state index contributed by atoms with van der Waals surface area (Å²) in [5.41, 5.74) is 0.723. The van der Waals surface area contributed by atoms with Crippen LogP contribution in [0.4, 0.5) is 15.8 Å². The summed E-state index contributed by atoms with van der Waals surface area (Å²) in [4.78, 5) is 21.9. The van der Waals surface area contributed by atoms with Crippen LogP contribution in [0.15, 0.2) is 49.1 Å². The highest BCUT2D eigenvalue weighted by Crippen LogP contribution is 2.12. The van der Waals surface area contributed by atoms with E-state index in [-0.39, 0.29) is 24.6 Å². The van der Waals surface area contributed by atoms with E-state index in [0.717, 1.165) is 10.9 Å². The summed E-state index contributed by atoms with van der Waals surface area (Å²) in [6.07, 6.45) is 5.24.